The molecule has 1 saturated heterocycles. The Kier molecular flexibility index (Phi) is 4.39. The summed E-state index contributed by atoms with van der Waals surface area (Å²) in [5, 5.41) is 2.72. The Morgan fingerprint density at radius 3 is 2.40 bits per heavy atom. The molecule has 1 aliphatic heterocycles. The lowest BCUT2D eigenvalue weighted by Gasteiger charge is -2.31. The van der Waals surface area contributed by atoms with E-state index < -0.39 is 11.8 Å². The number of likely N-dealkylation sites (N-methyl/N-ethyl adjacent to an activating group) is 1. The van der Waals surface area contributed by atoms with E-state index in [9.17, 15) is 9.59 Å². The van der Waals surface area contributed by atoms with Gasteiger partial charge in [-0.2, -0.15) is 0 Å². The first kappa shape index (κ1) is 14.5. The van der Waals surface area contributed by atoms with Gasteiger partial charge < -0.3 is 15.1 Å². The molecule has 0 atom stereocenters. The van der Waals surface area contributed by atoms with Gasteiger partial charge in [0.1, 0.15) is 0 Å². The molecule has 0 radical (unpaired) electrons. The van der Waals surface area contributed by atoms with Crippen LogP contribution in [0.1, 0.15) is 11.1 Å². The van der Waals surface area contributed by atoms with Gasteiger partial charge >= 0.3 is 11.8 Å². The number of carbonyl (C=O) groups excluding carboxylic acids is 2. The highest BCUT2D eigenvalue weighted by atomic mass is 16.2. The van der Waals surface area contributed by atoms with Gasteiger partial charge in [0.05, 0.1) is 0 Å². The summed E-state index contributed by atoms with van der Waals surface area (Å²) in [6.07, 6.45) is 0. The number of carbonyl (C=O) groups is 2. The van der Waals surface area contributed by atoms with Crippen molar-refractivity contribution >= 4 is 17.5 Å². The lowest BCUT2D eigenvalue weighted by molar-refractivity contribution is -0.144. The zero-order valence-corrected chi connectivity index (χ0v) is 12.3. The Bertz CT molecular complexity index is 520. The molecule has 1 aromatic rings. The Labute approximate surface area is 119 Å². The van der Waals surface area contributed by atoms with Crippen molar-refractivity contribution in [3.8, 4) is 0 Å². The summed E-state index contributed by atoms with van der Waals surface area (Å²) < 4.78 is 0. The lowest BCUT2D eigenvalue weighted by Crippen LogP contribution is -2.50. The van der Waals surface area contributed by atoms with Crippen molar-refractivity contribution in [2.45, 2.75) is 13.8 Å². The molecule has 108 valence electrons. The van der Waals surface area contributed by atoms with Crippen molar-refractivity contribution in [3.63, 3.8) is 0 Å². The third-order valence-electron chi connectivity index (χ3n) is 3.84. The number of nitrogens with one attached hydrogen (secondary N) is 1. The molecule has 1 heterocycles. The second-order valence-corrected chi connectivity index (χ2v) is 5.30. The van der Waals surface area contributed by atoms with Gasteiger partial charge in [-0.15, -0.1) is 0 Å². The second kappa shape index (κ2) is 6.05. The van der Waals surface area contributed by atoms with Crippen molar-refractivity contribution in [3.05, 3.63) is 29.3 Å². The highest BCUT2D eigenvalue weighted by Gasteiger charge is 2.25. The van der Waals surface area contributed by atoms with Crippen molar-refractivity contribution in [1.82, 2.24) is 9.80 Å². The fraction of sp³-hybridized carbons (Fsp3) is 0.467. The first-order valence-electron chi connectivity index (χ1n) is 6.84. The Morgan fingerprint density at radius 2 is 1.75 bits per heavy atom. The predicted molar refractivity (Wildman–Crippen MR) is 78.6 cm³/mol. The van der Waals surface area contributed by atoms with E-state index in [1.807, 2.05) is 39.1 Å². The van der Waals surface area contributed by atoms with Gasteiger partial charge in [0.15, 0.2) is 0 Å². The number of nitrogens with zero attached hydrogens (tertiary/aromatic N) is 2. The molecule has 1 N–H and O–H groups in total. The van der Waals surface area contributed by atoms with Gasteiger partial charge in [0.2, 0.25) is 0 Å². The van der Waals surface area contributed by atoms with Crippen LogP contribution >= 0.6 is 0 Å². The minimum atomic E-state index is -0.553. The van der Waals surface area contributed by atoms with Gasteiger partial charge in [0, 0.05) is 31.9 Å². The number of hydrogen-bond donors (Lipinski definition) is 1. The normalized spacial score (nSPS) is 16.1. The van der Waals surface area contributed by atoms with E-state index in [0.717, 1.165) is 24.2 Å². The molecular formula is C15H21N3O2. The average Bonchev–Trinajstić information content (AvgIpc) is 2.44. The molecule has 2 rings (SSSR count). The summed E-state index contributed by atoms with van der Waals surface area (Å²) in [4.78, 5) is 27.9. The lowest BCUT2D eigenvalue weighted by atomic mass is 10.1. The van der Waals surface area contributed by atoms with E-state index in [1.54, 1.807) is 4.90 Å². The van der Waals surface area contributed by atoms with Crippen LogP contribution in [0.5, 0.6) is 0 Å². The van der Waals surface area contributed by atoms with E-state index in [0.29, 0.717) is 18.8 Å². The summed E-state index contributed by atoms with van der Waals surface area (Å²) in [6, 6.07) is 5.67. The van der Waals surface area contributed by atoms with Crippen LogP contribution in [0.15, 0.2) is 18.2 Å². The summed E-state index contributed by atoms with van der Waals surface area (Å²) in [5.41, 5.74) is 2.79. The van der Waals surface area contributed by atoms with Crippen LogP contribution in [-0.2, 0) is 9.59 Å². The zero-order chi connectivity index (χ0) is 14.7. The number of rotatable bonds is 1. The molecule has 0 bridgehead atoms. The fourth-order valence-electron chi connectivity index (χ4n) is 2.22. The van der Waals surface area contributed by atoms with Crippen LogP contribution in [0.3, 0.4) is 0 Å². The number of aryl methyl sites for hydroxylation is 1. The SMILES string of the molecule is Cc1cccc(NC(=O)C(=O)N2CCN(C)CC2)c1C. The maximum absolute atomic E-state index is 12.1. The van der Waals surface area contributed by atoms with Gasteiger partial charge in [-0.1, -0.05) is 12.1 Å². The maximum Gasteiger partial charge on any atom is 0.313 e. The molecule has 1 fully saturated rings. The molecular weight excluding hydrogens is 254 g/mol. The molecule has 20 heavy (non-hydrogen) atoms. The minimum absolute atomic E-state index is 0.445. The number of hydrogen-bond acceptors (Lipinski definition) is 3. The van der Waals surface area contributed by atoms with Crippen LogP contribution in [-0.4, -0.2) is 54.8 Å². The van der Waals surface area contributed by atoms with Crippen molar-refractivity contribution in [2.75, 3.05) is 38.5 Å². The van der Waals surface area contributed by atoms with Gasteiger partial charge in [0.25, 0.3) is 0 Å². The molecule has 1 aliphatic rings. The summed E-state index contributed by atoms with van der Waals surface area (Å²) in [7, 11) is 2.01. The monoisotopic (exact) mass is 275 g/mol. The summed E-state index contributed by atoms with van der Waals surface area (Å²) in [6.45, 7) is 6.74. The Balaban J connectivity index is 2.01. The largest absolute Gasteiger partial charge is 0.332 e. The van der Waals surface area contributed by atoms with E-state index in [-0.39, 0.29) is 0 Å². The highest BCUT2D eigenvalue weighted by molar-refractivity contribution is 6.39. The van der Waals surface area contributed by atoms with Gasteiger partial charge in [-0.3, -0.25) is 9.59 Å². The molecule has 5 nitrogen and oxygen atoms in total. The van der Waals surface area contributed by atoms with Crippen LogP contribution in [0, 0.1) is 13.8 Å². The first-order chi connectivity index (χ1) is 9.49. The topological polar surface area (TPSA) is 52.7 Å². The molecule has 0 unspecified atom stereocenters. The van der Waals surface area contributed by atoms with Crippen LogP contribution in [0.25, 0.3) is 0 Å². The van der Waals surface area contributed by atoms with E-state index in [4.69, 9.17) is 0 Å². The smallest absolute Gasteiger partial charge is 0.313 e. The number of amides is 2. The minimum Gasteiger partial charge on any atom is -0.332 e. The Morgan fingerprint density at radius 1 is 1.10 bits per heavy atom. The van der Waals surface area contributed by atoms with Gasteiger partial charge in [-0.05, 0) is 38.1 Å². The Hall–Kier alpha value is -1.88. The molecule has 0 saturated carbocycles. The third-order valence-corrected chi connectivity index (χ3v) is 3.84. The van der Waals surface area contributed by atoms with Crippen LogP contribution in [0.2, 0.25) is 0 Å². The summed E-state index contributed by atoms with van der Waals surface area (Å²) in [5.74, 6) is -0.998. The van der Waals surface area contributed by atoms with Crippen LogP contribution in [0.4, 0.5) is 5.69 Å². The maximum atomic E-state index is 12.1. The third kappa shape index (κ3) is 3.17. The standard InChI is InChI=1S/C15H21N3O2/c1-11-5-4-6-13(12(11)2)16-14(19)15(20)18-9-7-17(3)8-10-18/h4-6H,7-10H2,1-3H3,(H,16,19). The molecule has 1 aromatic carbocycles. The first-order valence-corrected chi connectivity index (χ1v) is 6.84. The average molecular weight is 275 g/mol. The van der Waals surface area contributed by atoms with E-state index in [2.05, 4.69) is 10.2 Å². The van der Waals surface area contributed by atoms with Gasteiger partial charge in [-0.25, -0.2) is 0 Å². The van der Waals surface area contributed by atoms with Crippen molar-refractivity contribution in [2.24, 2.45) is 0 Å². The van der Waals surface area contributed by atoms with E-state index in [1.165, 1.54) is 0 Å². The van der Waals surface area contributed by atoms with Crippen molar-refractivity contribution in [1.29, 1.82) is 0 Å². The molecule has 2 amide bonds. The van der Waals surface area contributed by atoms with Crippen molar-refractivity contribution < 1.29 is 9.59 Å². The molecule has 5 heteroatoms. The number of benzene rings is 1. The number of piperazine rings is 1. The molecule has 0 aromatic heterocycles. The molecule has 0 aliphatic carbocycles. The van der Waals surface area contributed by atoms with Crippen LogP contribution < -0.4 is 5.32 Å². The fourth-order valence-corrected chi connectivity index (χ4v) is 2.22. The zero-order valence-electron chi connectivity index (χ0n) is 12.3. The summed E-state index contributed by atoms with van der Waals surface area (Å²) >= 11 is 0. The second-order valence-electron chi connectivity index (χ2n) is 5.30. The highest BCUT2D eigenvalue weighted by Crippen LogP contribution is 2.18. The van der Waals surface area contributed by atoms with E-state index >= 15 is 0 Å². The quantitative estimate of drug-likeness (QED) is 0.778. The number of anilines is 1. The molecule has 0 spiro atoms. The predicted octanol–water partition coefficient (Wildman–Crippen LogP) is 1.02.